The predicted molar refractivity (Wildman–Crippen MR) is 152 cm³/mol. The number of aryl methyl sites for hydroxylation is 1. The highest BCUT2D eigenvalue weighted by Crippen LogP contribution is 2.37. The van der Waals surface area contributed by atoms with Crippen LogP contribution in [0, 0.1) is 0 Å². The number of hydrogen-bond donors (Lipinski definition) is 3. The zero-order valence-electron chi connectivity index (χ0n) is 22.6. The van der Waals surface area contributed by atoms with E-state index in [1.807, 2.05) is 19.1 Å². The fourth-order valence-corrected chi connectivity index (χ4v) is 5.31. The number of anilines is 2. The molecule has 2 heterocycles. The van der Waals surface area contributed by atoms with Gasteiger partial charge in [0, 0.05) is 18.8 Å². The third kappa shape index (κ3) is 6.02. The summed E-state index contributed by atoms with van der Waals surface area (Å²) in [7, 11) is 3.00. The summed E-state index contributed by atoms with van der Waals surface area (Å²) in [5.41, 5.74) is 13.2. The van der Waals surface area contributed by atoms with Gasteiger partial charge in [0.05, 0.1) is 26.0 Å². The molecule has 1 aliphatic rings. The van der Waals surface area contributed by atoms with Gasteiger partial charge in [0.25, 0.3) is 11.8 Å². The van der Waals surface area contributed by atoms with Gasteiger partial charge in [-0.15, -0.1) is 0 Å². The Bertz CT molecular complexity index is 1370. The van der Waals surface area contributed by atoms with E-state index in [2.05, 4.69) is 9.69 Å². The average molecular weight is 568 g/mol. The maximum atomic E-state index is 14.2. The molecule has 212 valence electrons. The second-order valence-corrected chi connectivity index (χ2v) is 10.0. The van der Waals surface area contributed by atoms with Gasteiger partial charge in [-0.3, -0.25) is 19.3 Å². The van der Waals surface area contributed by atoms with Crippen LogP contribution < -0.4 is 31.2 Å². The summed E-state index contributed by atoms with van der Waals surface area (Å²) in [6.45, 7) is 2.95. The van der Waals surface area contributed by atoms with E-state index in [1.54, 1.807) is 30.3 Å². The number of nitrogens with two attached hydrogens (primary N) is 2. The number of methoxy groups -OCH3 is 2. The summed E-state index contributed by atoms with van der Waals surface area (Å²) in [5, 5.41) is 2.96. The lowest BCUT2D eigenvalue weighted by Gasteiger charge is -2.32. The van der Waals surface area contributed by atoms with Crippen molar-refractivity contribution >= 4 is 40.6 Å². The van der Waals surface area contributed by atoms with E-state index in [-0.39, 0.29) is 28.9 Å². The highest BCUT2D eigenvalue weighted by Gasteiger charge is 2.37. The van der Waals surface area contributed by atoms with E-state index in [1.165, 1.54) is 19.1 Å². The molecule has 2 aromatic carbocycles. The van der Waals surface area contributed by atoms with Crippen LogP contribution >= 0.6 is 11.5 Å². The minimum absolute atomic E-state index is 0.00855. The zero-order valence-corrected chi connectivity index (χ0v) is 23.5. The van der Waals surface area contributed by atoms with Crippen LogP contribution in [0.25, 0.3) is 0 Å². The van der Waals surface area contributed by atoms with Gasteiger partial charge in [-0.05, 0) is 66.2 Å². The Labute approximate surface area is 236 Å². The van der Waals surface area contributed by atoms with Gasteiger partial charge in [-0.2, -0.15) is 4.37 Å². The molecule has 3 amide bonds. The third-order valence-corrected chi connectivity index (χ3v) is 7.61. The molecule has 40 heavy (non-hydrogen) atoms. The highest BCUT2D eigenvalue weighted by molar-refractivity contribution is 7.09. The Kier molecular flexibility index (Phi) is 9.22. The van der Waals surface area contributed by atoms with Crippen LogP contribution in [0.3, 0.4) is 0 Å². The number of benzene rings is 2. The first-order valence-electron chi connectivity index (χ1n) is 12.9. The fraction of sp³-hybridized carbons (Fsp3) is 0.357. The van der Waals surface area contributed by atoms with Crippen molar-refractivity contribution in [1.82, 2.24) is 9.69 Å². The monoisotopic (exact) mass is 567 g/mol. The number of rotatable bonds is 11. The Hall–Kier alpha value is -4.16. The Morgan fingerprint density at radius 3 is 2.45 bits per heavy atom. The van der Waals surface area contributed by atoms with Gasteiger partial charge in [0.15, 0.2) is 17.2 Å². The standard InChI is InChI=1S/C28H33N5O6S/c1-4-16-7-10-18(11-8-16)33(28(36)25-22(29)23(26(30)34)32-40-25)24(27(35)31-15-19-6-5-13-39-19)17-9-12-20(37-2)21(14-17)38-3/h7-12,14,19,24H,4-6,13,15,29H2,1-3H3,(H2,30,34)(H,31,35)/t19-,24-/m0/s1. The summed E-state index contributed by atoms with van der Waals surface area (Å²) >= 11 is 0.752. The van der Waals surface area contributed by atoms with Gasteiger partial charge in [-0.25, -0.2) is 0 Å². The average Bonchev–Trinajstić information content (AvgIpc) is 3.63. The van der Waals surface area contributed by atoms with Crippen LogP contribution in [0.2, 0.25) is 0 Å². The fourth-order valence-electron chi connectivity index (χ4n) is 4.57. The third-order valence-electron chi connectivity index (χ3n) is 6.75. The predicted octanol–water partition coefficient (Wildman–Crippen LogP) is 3.09. The summed E-state index contributed by atoms with van der Waals surface area (Å²) in [6.07, 6.45) is 2.42. The lowest BCUT2D eigenvalue weighted by Crippen LogP contribution is -2.45. The van der Waals surface area contributed by atoms with Gasteiger partial charge in [0.1, 0.15) is 10.9 Å². The van der Waals surface area contributed by atoms with E-state index < -0.39 is 23.8 Å². The maximum absolute atomic E-state index is 14.2. The molecule has 1 aromatic heterocycles. The molecule has 0 saturated carbocycles. The highest BCUT2D eigenvalue weighted by atomic mass is 32.1. The normalized spacial score (nSPS) is 15.3. The second kappa shape index (κ2) is 12.8. The van der Waals surface area contributed by atoms with E-state index in [0.29, 0.717) is 29.4 Å². The van der Waals surface area contributed by atoms with Gasteiger partial charge < -0.3 is 31.0 Å². The van der Waals surface area contributed by atoms with Crippen molar-refractivity contribution in [2.45, 2.75) is 38.3 Å². The minimum Gasteiger partial charge on any atom is -0.493 e. The molecule has 0 bridgehead atoms. The summed E-state index contributed by atoms with van der Waals surface area (Å²) in [6, 6.07) is 11.2. The van der Waals surface area contributed by atoms with Crippen molar-refractivity contribution in [3.05, 3.63) is 64.2 Å². The first-order valence-corrected chi connectivity index (χ1v) is 13.6. The number of ether oxygens (including phenoxy) is 3. The summed E-state index contributed by atoms with van der Waals surface area (Å²) < 4.78 is 20.6. The number of primary amides is 1. The van der Waals surface area contributed by atoms with Crippen LogP contribution in [0.4, 0.5) is 11.4 Å². The van der Waals surface area contributed by atoms with E-state index in [9.17, 15) is 14.4 Å². The number of nitrogen functional groups attached to an aromatic ring is 1. The first-order chi connectivity index (χ1) is 19.3. The molecule has 1 saturated heterocycles. The molecule has 0 aliphatic carbocycles. The van der Waals surface area contributed by atoms with Gasteiger partial charge in [0.2, 0.25) is 5.91 Å². The topological polar surface area (TPSA) is 159 Å². The van der Waals surface area contributed by atoms with Crippen molar-refractivity contribution in [2.75, 3.05) is 38.0 Å². The lowest BCUT2D eigenvalue weighted by atomic mass is 10.0. The minimum atomic E-state index is -1.15. The number of carbonyl (C=O) groups is 3. The SMILES string of the molecule is CCc1ccc(N(C(=O)c2snc(C(N)=O)c2N)[C@H](C(=O)NC[C@@H]2CCCO2)c2ccc(OC)c(OC)c2)cc1. The Balaban J connectivity index is 1.85. The van der Waals surface area contributed by atoms with Crippen molar-refractivity contribution in [2.24, 2.45) is 5.73 Å². The van der Waals surface area contributed by atoms with E-state index in [4.69, 9.17) is 25.7 Å². The maximum Gasteiger partial charge on any atom is 0.273 e. The number of carbonyl (C=O) groups excluding carboxylic acids is 3. The summed E-state index contributed by atoms with van der Waals surface area (Å²) in [5.74, 6) is -1.04. The van der Waals surface area contributed by atoms with Crippen LogP contribution in [0.1, 0.15) is 57.1 Å². The molecule has 1 aliphatic heterocycles. The molecule has 3 aromatic rings. The summed E-state index contributed by atoms with van der Waals surface area (Å²) in [4.78, 5) is 41.4. The van der Waals surface area contributed by atoms with E-state index in [0.717, 1.165) is 36.4 Å². The number of nitrogens with zero attached hydrogens (tertiary/aromatic N) is 2. The molecule has 0 radical (unpaired) electrons. The molecule has 2 atom stereocenters. The smallest absolute Gasteiger partial charge is 0.273 e. The lowest BCUT2D eigenvalue weighted by molar-refractivity contribution is -0.123. The van der Waals surface area contributed by atoms with Crippen molar-refractivity contribution < 1.29 is 28.6 Å². The largest absolute Gasteiger partial charge is 0.493 e. The van der Waals surface area contributed by atoms with Crippen LogP contribution in [-0.4, -0.2) is 55.6 Å². The molecule has 0 unspecified atom stereocenters. The van der Waals surface area contributed by atoms with Crippen LogP contribution in [0.15, 0.2) is 42.5 Å². The van der Waals surface area contributed by atoms with E-state index >= 15 is 0 Å². The zero-order chi connectivity index (χ0) is 28.8. The van der Waals surface area contributed by atoms with Gasteiger partial charge >= 0.3 is 0 Å². The molecule has 11 nitrogen and oxygen atoms in total. The number of hydrogen-bond acceptors (Lipinski definition) is 9. The van der Waals surface area contributed by atoms with Crippen molar-refractivity contribution in [3.63, 3.8) is 0 Å². The van der Waals surface area contributed by atoms with Crippen LogP contribution in [-0.2, 0) is 16.0 Å². The number of nitrogens with one attached hydrogen (secondary N) is 1. The first kappa shape index (κ1) is 28.8. The number of aromatic nitrogens is 1. The van der Waals surface area contributed by atoms with Gasteiger partial charge in [-0.1, -0.05) is 25.1 Å². The number of amides is 3. The molecule has 5 N–H and O–H groups in total. The quantitative estimate of drug-likeness (QED) is 0.319. The molecule has 12 heteroatoms. The Morgan fingerprint density at radius 2 is 1.88 bits per heavy atom. The molecule has 1 fully saturated rings. The molecule has 4 rings (SSSR count). The second-order valence-electron chi connectivity index (χ2n) is 9.23. The van der Waals surface area contributed by atoms with Crippen molar-refractivity contribution in [3.8, 4) is 11.5 Å². The molecular weight excluding hydrogens is 534 g/mol. The molecular formula is C28H33N5O6S. The molecule has 0 spiro atoms. The van der Waals surface area contributed by atoms with Crippen LogP contribution in [0.5, 0.6) is 11.5 Å². The van der Waals surface area contributed by atoms with Crippen molar-refractivity contribution in [1.29, 1.82) is 0 Å². The Morgan fingerprint density at radius 1 is 1.15 bits per heavy atom.